The Balaban J connectivity index is 0.00000529. The summed E-state index contributed by atoms with van der Waals surface area (Å²) in [7, 11) is 3.51. The van der Waals surface area contributed by atoms with Crippen LogP contribution in [0.5, 0.6) is 0 Å². The van der Waals surface area contributed by atoms with E-state index in [1.54, 1.807) is 14.2 Å². The van der Waals surface area contributed by atoms with Crippen molar-refractivity contribution in [1.82, 2.24) is 10.6 Å². The number of rotatable bonds is 10. The fourth-order valence-corrected chi connectivity index (χ4v) is 2.16. The number of hydrogen-bond donors (Lipinski definition) is 3. The van der Waals surface area contributed by atoms with Crippen LogP contribution in [-0.2, 0) is 11.3 Å². The molecule has 0 unspecified atom stereocenters. The van der Waals surface area contributed by atoms with Gasteiger partial charge in [-0.15, -0.1) is 24.0 Å². The second-order valence-electron chi connectivity index (χ2n) is 6.01. The maximum absolute atomic E-state index is 5.03. The first-order chi connectivity index (χ1) is 11.2. The summed E-state index contributed by atoms with van der Waals surface area (Å²) in [5, 5.41) is 10.0. The van der Waals surface area contributed by atoms with Crippen LogP contribution in [0.4, 0.5) is 5.69 Å². The first-order valence-corrected chi connectivity index (χ1v) is 8.42. The van der Waals surface area contributed by atoms with E-state index < -0.39 is 0 Å². The molecule has 0 heterocycles. The lowest BCUT2D eigenvalue weighted by Crippen LogP contribution is -2.37. The van der Waals surface area contributed by atoms with Crippen LogP contribution in [0.15, 0.2) is 29.3 Å². The minimum atomic E-state index is 0. The molecule has 0 fully saturated rings. The Morgan fingerprint density at radius 1 is 1.12 bits per heavy atom. The number of aliphatic imine (C=N–C) groups is 1. The monoisotopic (exact) mass is 448 g/mol. The standard InChI is InChI=1S/C18H32N4O.HI/c1-15(2)6-5-11-21-18(19-3)22-14-16-7-9-17(10-8-16)20-12-13-23-4;/h7-10,15,20H,5-6,11-14H2,1-4H3,(H2,19,21,22);1H. The van der Waals surface area contributed by atoms with Gasteiger partial charge in [0.15, 0.2) is 5.96 Å². The molecule has 1 rings (SSSR count). The Kier molecular flexibility index (Phi) is 13.7. The quantitative estimate of drug-likeness (QED) is 0.222. The molecule has 0 atom stereocenters. The van der Waals surface area contributed by atoms with Crippen molar-refractivity contribution in [2.45, 2.75) is 33.2 Å². The SMILES string of the molecule is CN=C(NCCCC(C)C)NCc1ccc(NCCOC)cc1.I. The predicted octanol–water partition coefficient (Wildman–Crippen LogP) is 3.46. The largest absolute Gasteiger partial charge is 0.383 e. The number of halogens is 1. The van der Waals surface area contributed by atoms with Gasteiger partial charge >= 0.3 is 0 Å². The summed E-state index contributed by atoms with van der Waals surface area (Å²) in [6.45, 7) is 7.76. The highest BCUT2D eigenvalue weighted by atomic mass is 127. The van der Waals surface area contributed by atoms with Gasteiger partial charge in [0.1, 0.15) is 0 Å². The van der Waals surface area contributed by atoms with Crippen LogP contribution in [0.3, 0.4) is 0 Å². The van der Waals surface area contributed by atoms with Crippen LogP contribution in [0, 0.1) is 5.92 Å². The van der Waals surface area contributed by atoms with Crippen LogP contribution < -0.4 is 16.0 Å². The lowest BCUT2D eigenvalue weighted by Gasteiger charge is -2.13. The number of ether oxygens (including phenoxy) is 1. The van der Waals surface area contributed by atoms with Crippen molar-refractivity contribution in [2.24, 2.45) is 10.9 Å². The van der Waals surface area contributed by atoms with E-state index in [9.17, 15) is 0 Å². The third-order valence-electron chi connectivity index (χ3n) is 3.52. The summed E-state index contributed by atoms with van der Waals surface area (Å²) < 4.78 is 5.03. The Morgan fingerprint density at radius 2 is 1.83 bits per heavy atom. The molecule has 24 heavy (non-hydrogen) atoms. The van der Waals surface area contributed by atoms with Gasteiger partial charge < -0.3 is 20.7 Å². The van der Waals surface area contributed by atoms with Crippen LogP contribution in [0.25, 0.3) is 0 Å². The van der Waals surface area contributed by atoms with Crippen LogP contribution in [0.1, 0.15) is 32.3 Å². The lowest BCUT2D eigenvalue weighted by atomic mass is 10.1. The van der Waals surface area contributed by atoms with Crippen molar-refractivity contribution < 1.29 is 4.74 Å². The second-order valence-corrected chi connectivity index (χ2v) is 6.01. The molecule has 0 spiro atoms. The molecule has 0 amide bonds. The average Bonchev–Trinajstić information content (AvgIpc) is 2.55. The highest BCUT2D eigenvalue weighted by Crippen LogP contribution is 2.09. The van der Waals surface area contributed by atoms with E-state index in [0.29, 0.717) is 6.61 Å². The smallest absolute Gasteiger partial charge is 0.191 e. The van der Waals surface area contributed by atoms with Gasteiger partial charge in [-0.05, 0) is 36.5 Å². The molecule has 0 saturated heterocycles. The summed E-state index contributed by atoms with van der Waals surface area (Å²) in [5.41, 5.74) is 2.34. The molecule has 5 nitrogen and oxygen atoms in total. The van der Waals surface area contributed by atoms with Gasteiger partial charge in [0, 0.05) is 39.5 Å². The fourth-order valence-electron chi connectivity index (χ4n) is 2.16. The van der Waals surface area contributed by atoms with Gasteiger partial charge in [-0.1, -0.05) is 26.0 Å². The Morgan fingerprint density at radius 3 is 2.42 bits per heavy atom. The average molecular weight is 448 g/mol. The minimum Gasteiger partial charge on any atom is -0.383 e. The summed E-state index contributed by atoms with van der Waals surface area (Å²) in [4.78, 5) is 4.26. The number of methoxy groups -OCH3 is 1. The van der Waals surface area contributed by atoms with Crippen molar-refractivity contribution in [3.05, 3.63) is 29.8 Å². The molecule has 0 bridgehead atoms. The highest BCUT2D eigenvalue weighted by Gasteiger charge is 2.00. The van der Waals surface area contributed by atoms with Crippen LogP contribution in [0.2, 0.25) is 0 Å². The molecule has 0 radical (unpaired) electrons. The van der Waals surface area contributed by atoms with Crippen molar-refractivity contribution >= 4 is 35.6 Å². The number of anilines is 1. The topological polar surface area (TPSA) is 57.7 Å². The Bertz CT molecular complexity index is 449. The second kappa shape index (κ2) is 14.3. The van der Waals surface area contributed by atoms with Crippen LogP contribution in [-0.4, -0.2) is 39.8 Å². The lowest BCUT2D eigenvalue weighted by molar-refractivity contribution is 0.211. The van der Waals surface area contributed by atoms with Gasteiger partial charge in [-0.25, -0.2) is 0 Å². The molecule has 3 N–H and O–H groups in total. The van der Waals surface area contributed by atoms with E-state index >= 15 is 0 Å². The van der Waals surface area contributed by atoms with Crippen molar-refractivity contribution in [2.75, 3.05) is 39.2 Å². The normalized spacial score (nSPS) is 11.1. The molecular weight excluding hydrogens is 415 g/mol. The zero-order chi connectivity index (χ0) is 16.9. The molecule has 0 aliphatic rings. The molecule has 138 valence electrons. The van der Waals surface area contributed by atoms with E-state index in [0.717, 1.165) is 37.2 Å². The van der Waals surface area contributed by atoms with Crippen molar-refractivity contribution in [1.29, 1.82) is 0 Å². The van der Waals surface area contributed by atoms with Gasteiger partial charge in [0.05, 0.1) is 6.61 Å². The molecule has 6 heteroatoms. The molecule has 0 aromatic heterocycles. The minimum absolute atomic E-state index is 0. The Hall–Kier alpha value is -1.02. The number of nitrogens with zero attached hydrogens (tertiary/aromatic N) is 1. The van der Waals surface area contributed by atoms with Crippen molar-refractivity contribution in [3.63, 3.8) is 0 Å². The molecule has 1 aromatic rings. The summed E-state index contributed by atoms with van der Waals surface area (Å²) in [5.74, 6) is 1.61. The maximum atomic E-state index is 5.03. The van der Waals surface area contributed by atoms with Gasteiger partial charge in [0.25, 0.3) is 0 Å². The molecular formula is C18H33IN4O. The number of nitrogens with one attached hydrogen (secondary N) is 3. The molecule has 0 aliphatic carbocycles. The number of guanidine groups is 1. The van der Waals surface area contributed by atoms with Gasteiger partial charge in [-0.3, -0.25) is 4.99 Å². The predicted molar refractivity (Wildman–Crippen MR) is 114 cm³/mol. The fraction of sp³-hybridized carbons (Fsp3) is 0.611. The zero-order valence-electron chi connectivity index (χ0n) is 15.4. The molecule has 0 saturated carbocycles. The summed E-state index contributed by atoms with van der Waals surface area (Å²) >= 11 is 0. The first kappa shape index (κ1) is 23.0. The number of benzene rings is 1. The van der Waals surface area contributed by atoms with Gasteiger partial charge in [0.2, 0.25) is 0 Å². The van der Waals surface area contributed by atoms with E-state index in [1.165, 1.54) is 18.4 Å². The van der Waals surface area contributed by atoms with Crippen LogP contribution >= 0.6 is 24.0 Å². The number of hydrogen-bond acceptors (Lipinski definition) is 3. The van der Waals surface area contributed by atoms with Crippen molar-refractivity contribution in [3.8, 4) is 0 Å². The van der Waals surface area contributed by atoms with E-state index in [4.69, 9.17) is 4.74 Å². The van der Waals surface area contributed by atoms with E-state index in [2.05, 4.69) is 59.1 Å². The molecule has 1 aromatic carbocycles. The third kappa shape index (κ3) is 10.7. The zero-order valence-corrected chi connectivity index (χ0v) is 17.7. The third-order valence-corrected chi connectivity index (χ3v) is 3.52. The van der Waals surface area contributed by atoms with Gasteiger partial charge in [-0.2, -0.15) is 0 Å². The molecule has 0 aliphatic heterocycles. The summed E-state index contributed by atoms with van der Waals surface area (Å²) in [6.07, 6.45) is 2.40. The highest BCUT2D eigenvalue weighted by molar-refractivity contribution is 14.0. The Labute approximate surface area is 164 Å². The summed E-state index contributed by atoms with van der Waals surface area (Å²) in [6, 6.07) is 8.42. The first-order valence-electron chi connectivity index (χ1n) is 8.42. The van der Waals surface area contributed by atoms with E-state index in [1.807, 2.05) is 0 Å². The van der Waals surface area contributed by atoms with E-state index in [-0.39, 0.29) is 24.0 Å². The maximum Gasteiger partial charge on any atom is 0.191 e.